The van der Waals surface area contributed by atoms with Gasteiger partial charge in [-0.2, -0.15) is 10.4 Å². The topological polar surface area (TPSA) is 184 Å². The van der Waals surface area contributed by atoms with Crippen molar-refractivity contribution in [2.24, 2.45) is 0 Å². The van der Waals surface area contributed by atoms with Crippen LogP contribution < -0.4 is 10.3 Å². The molecule has 5 heterocycles. The van der Waals surface area contributed by atoms with E-state index >= 15 is 0 Å². The van der Waals surface area contributed by atoms with Crippen molar-refractivity contribution in [3.8, 4) is 11.8 Å². The summed E-state index contributed by atoms with van der Waals surface area (Å²) in [5, 5.41) is 13.9. The molecule has 362 valence electrons. The lowest BCUT2D eigenvalue weighted by Crippen LogP contribution is -2.44. The largest absolute Gasteiger partial charge is 0.530 e. The molecular formula is C49H70ClN6O9P. The maximum Gasteiger partial charge on any atom is 0.530 e. The lowest BCUT2D eigenvalue weighted by molar-refractivity contribution is -0.212. The number of nitriles is 1. The standard InChI is InChI=1S/C49H70ClN6O9P/c1-5-6-7-8-9-10-11-12-13-14-15-16-17-18-19-22-29-58-33-39(59-32-37-25-26-38(30-51)53-31-37)34-60-66(57,65-43-24-21-20-23-40(43)50)61-35-49(4)46-45(62-48(2,3)64-46)44(63-49)41-27-28-42-47(52)54-36-55-56(41)42/h20-21,23-28,31,36,39,44-46H,5-19,22,29,32-35H2,1-4H3,(H2,52,54,55)/t39-,44+,45+,46+,49-,66?/m1/s1. The van der Waals surface area contributed by atoms with Gasteiger partial charge in [-0.05, 0) is 63.1 Å². The molecule has 17 heteroatoms. The van der Waals surface area contributed by atoms with E-state index in [4.69, 9.17) is 54.6 Å². The first-order valence-corrected chi connectivity index (χ1v) is 25.8. The van der Waals surface area contributed by atoms with Gasteiger partial charge in [0.15, 0.2) is 11.6 Å². The van der Waals surface area contributed by atoms with Gasteiger partial charge in [-0.1, -0.05) is 133 Å². The number of phosphoric ester groups is 1. The predicted octanol–water partition coefficient (Wildman–Crippen LogP) is 11.7. The molecule has 1 aromatic carbocycles. The fraction of sp³-hybridized carbons (Fsp3) is 0.633. The molecule has 4 aromatic rings. The molecule has 1 unspecified atom stereocenters. The summed E-state index contributed by atoms with van der Waals surface area (Å²) in [6.45, 7) is 8.04. The van der Waals surface area contributed by atoms with Gasteiger partial charge in [-0.3, -0.25) is 9.05 Å². The third-order valence-corrected chi connectivity index (χ3v) is 13.7. The molecule has 3 aromatic heterocycles. The molecule has 2 aliphatic rings. The number of nitrogens with zero attached hydrogens (tertiary/aromatic N) is 5. The monoisotopic (exact) mass is 952 g/mol. The van der Waals surface area contributed by atoms with E-state index in [2.05, 4.69) is 22.0 Å². The van der Waals surface area contributed by atoms with Crippen LogP contribution >= 0.6 is 19.4 Å². The van der Waals surface area contributed by atoms with Crippen molar-refractivity contribution in [3.05, 3.63) is 83.0 Å². The van der Waals surface area contributed by atoms with Gasteiger partial charge in [0, 0.05) is 12.8 Å². The minimum Gasteiger partial charge on any atom is -0.402 e. The number of nitrogens with two attached hydrogens (primary N) is 1. The van der Waals surface area contributed by atoms with E-state index in [1.54, 1.807) is 54.0 Å². The van der Waals surface area contributed by atoms with Crippen molar-refractivity contribution >= 4 is 30.8 Å². The van der Waals surface area contributed by atoms with Crippen LogP contribution in [0.1, 0.15) is 153 Å². The van der Waals surface area contributed by atoms with Crippen molar-refractivity contribution in [1.82, 2.24) is 19.6 Å². The number of benzene rings is 1. The molecule has 66 heavy (non-hydrogen) atoms. The van der Waals surface area contributed by atoms with E-state index < -0.39 is 43.6 Å². The van der Waals surface area contributed by atoms with Crippen LogP contribution in [-0.2, 0) is 43.9 Å². The summed E-state index contributed by atoms with van der Waals surface area (Å²) in [7, 11) is -4.48. The fourth-order valence-corrected chi connectivity index (χ4v) is 10.0. The normalized spacial score (nSPS) is 21.4. The van der Waals surface area contributed by atoms with Crippen LogP contribution in [0.5, 0.6) is 5.75 Å². The Balaban J connectivity index is 1.04. The zero-order valence-corrected chi connectivity index (χ0v) is 40.9. The zero-order valence-electron chi connectivity index (χ0n) is 39.2. The van der Waals surface area contributed by atoms with Crippen molar-refractivity contribution in [2.45, 2.75) is 173 Å². The summed E-state index contributed by atoms with van der Waals surface area (Å²) < 4.78 is 66.8. The van der Waals surface area contributed by atoms with E-state index in [1.165, 1.54) is 96.2 Å². The zero-order chi connectivity index (χ0) is 46.8. The first-order valence-electron chi connectivity index (χ1n) is 23.9. The number of halogens is 1. The Morgan fingerprint density at radius 1 is 0.848 bits per heavy atom. The van der Waals surface area contributed by atoms with Crippen molar-refractivity contribution in [3.63, 3.8) is 0 Å². The smallest absolute Gasteiger partial charge is 0.402 e. The number of unbranched alkanes of at least 4 members (excludes halogenated alkanes) is 15. The van der Waals surface area contributed by atoms with Crippen molar-refractivity contribution in [2.75, 3.05) is 32.2 Å². The first kappa shape index (κ1) is 51.7. The molecule has 2 N–H and O–H groups in total. The summed E-state index contributed by atoms with van der Waals surface area (Å²) in [5.74, 6) is -0.540. The Labute approximate surface area is 395 Å². The summed E-state index contributed by atoms with van der Waals surface area (Å²) in [6, 6.07) is 15.7. The number of hydrogen-bond acceptors (Lipinski definition) is 14. The summed E-state index contributed by atoms with van der Waals surface area (Å²) in [4.78, 5) is 8.28. The van der Waals surface area contributed by atoms with Crippen LogP contribution in [-0.4, -0.2) is 75.7 Å². The number of phosphoric acid groups is 1. The van der Waals surface area contributed by atoms with Gasteiger partial charge in [0.1, 0.15) is 59.4 Å². The Hall–Kier alpha value is -3.68. The van der Waals surface area contributed by atoms with E-state index in [1.807, 2.05) is 32.0 Å². The molecule has 15 nitrogen and oxygen atoms in total. The highest BCUT2D eigenvalue weighted by Gasteiger charge is 2.62. The lowest BCUT2D eigenvalue weighted by Gasteiger charge is -2.32. The van der Waals surface area contributed by atoms with Gasteiger partial charge >= 0.3 is 7.82 Å². The Morgan fingerprint density at radius 3 is 2.18 bits per heavy atom. The highest BCUT2D eigenvalue weighted by Crippen LogP contribution is 2.55. The number of rotatable bonds is 31. The van der Waals surface area contributed by atoms with Crippen LogP contribution in [0.15, 0.2) is 61.1 Å². The maximum atomic E-state index is 14.8. The average Bonchev–Trinajstić information content (AvgIpc) is 3.97. The van der Waals surface area contributed by atoms with E-state index in [0.717, 1.165) is 18.4 Å². The van der Waals surface area contributed by atoms with Crippen LogP contribution in [0.3, 0.4) is 0 Å². The van der Waals surface area contributed by atoms with E-state index in [9.17, 15) is 9.83 Å². The molecule has 0 amide bonds. The molecule has 6 rings (SSSR count). The molecule has 0 aliphatic carbocycles. The SMILES string of the molecule is CCCCCCCCCCCCCCCCCCOC[C@H](COP(=O)(OC[C@@]1(C)O[C@@H](c2ccc3c(N)ncnn23)[C@@H]2OC(C)(C)O[C@@H]21)Oc1ccccc1Cl)OCc1ccc(C#N)nc1. The second kappa shape index (κ2) is 25.6. The van der Waals surface area contributed by atoms with Crippen LogP contribution in [0.25, 0.3) is 5.52 Å². The van der Waals surface area contributed by atoms with Gasteiger partial charge in [-0.15, -0.1) is 0 Å². The number of pyridine rings is 1. The number of aromatic nitrogens is 4. The third kappa shape index (κ3) is 15.2. The van der Waals surface area contributed by atoms with E-state index in [-0.39, 0.29) is 37.2 Å². The van der Waals surface area contributed by atoms with Crippen molar-refractivity contribution < 1.29 is 41.8 Å². The molecule has 2 aliphatic heterocycles. The molecule has 0 saturated carbocycles. The highest BCUT2D eigenvalue weighted by atomic mass is 35.5. The fourth-order valence-electron chi connectivity index (χ4n) is 8.45. The lowest BCUT2D eigenvalue weighted by atomic mass is 9.97. The number of para-hydroxylation sites is 1. The molecule has 0 bridgehead atoms. The van der Waals surface area contributed by atoms with E-state index in [0.29, 0.717) is 29.3 Å². The molecule has 2 saturated heterocycles. The van der Waals surface area contributed by atoms with Crippen LogP contribution in [0.2, 0.25) is 5.02 Å². The van der Waals surface area contributed by atoms with Gasteiger partial charge < -0.3 is 33.9 Å². The number of ether oxygens (including phenoxy) is 5. The number of fused-ring (bicyclic) bond motifs is 2. The quantitative estimate of drug-likeness (QED) is 0.0371. The van der Waals surface area contributed by atoms with Gasteiger partial charge in [0.2, 0.25) is 0 Å². The molecule has 0 radical (unpaired) electrons. The second-order valence-corrected chi connectivity index (χ2v) is 20.1. The van der Waals surface area contributed by atoms with Crippen LogP contribution in [0, 0.1) is 11.3 Å². The van der Waals surface area contributed by atoms with Gasteiger partial charge in [-0.25, -0.2) is 19.0 Å². The van der Waals surface area contributed by atoms with Gasteiger partial charge in [0.25, 0.3) is 0 Å². The second-order valence-electron chi connectivity index (χ2n) is 18.1. The molecule has 0 spiro atoms. The Bertz CT molecular complexity index is 2170. The number of anilines is 1. The minimum atomic E-state index is -4.48. The first-order chi connectivity index (χ1) is 31.9. The highest BCUT2D eigenvalue weighted by molar-refractivity contribution is 7.49. The summed E-state index contributed by atoms with van der Waals surface area (Å²) in [5.41, 5.74) is 7.26. The maximum absolute atomic E-state index is 14.8. The average molecular weight is 954 g/mol. The van der Waals surface area contributed by atoms with Gasteiger partial charge in [0.05, 0.1) is 37.1 Å². The Morgan fingerprint density at radius 2 is 1.53 bits per heavy atom. The molecule has 6 atom stereocenters. The molecular weight excluding hydrogens is 883 g/mol. The molecule has 2 fully saturated rings. The minimum absolute atomic E-state index is 0.107. The van der Waals surface area contributed by atoms with Crippen molar-refractivity contribution in [1.29, 1.82) is 5.26 Å². The summed E-state index contributed by atoms with van der Waals surface area (Å²) in [6.07, 6.45) is 21.0. The number of hydrogen-bond donors (Lipinski definition) is 1. The number of nitrogen functional groups attached to an aromatic ring is 1. The summed E-state index contributed by atoms with van der Waals surface area (Å²) >= 11 is 6.50. The Kier molecular flexibility index (Phi) is 20.1. The van der Waals surface area contributed by atoms with Crippen LogP contribution in [0.4, 0.5) is 5.82 Å². The third-order valence-electron chi connectivity index (χ3n) is 12.1. The predicted molar refractivity (Wildman–Crippen MR) is 253 cm³/mol.